The molecule has 3 N–H and O–H groups in total. The molecule has 26 heavy (non-hydrogen) atoms. The van der Waals surface area contributed by atoms with Gasteiger partial charge in [-0.3, -0.25) is 0 Å². The number of hydrogen-bond donors (Lipinski definition) is 2. The molecule has 3 aromatic rings. The SMILES string of the molecule is NCC(Cc1ccc(-c2ccccc2)cc1)NCc1cc(Cl)cc(Cl)c1. The summed E-state index contributed by atoms with van der Waals surface area (Å²) in [6.07, 6.45) is 0.875. The average Bonchev–Trinajstić information content (AvgIpc) is 2.65. The van der Waals surface area contributed by atoms with Crippen molar-refractivity contribution < 1.29 is 0 Å². The Balaban J connectivity index is 1.61. The van der Waals surface area contributed by atoms with Crippen molar-refractivity contribution in [2.24, 2.45) is 5.73 Å². The Kier molecular flexibility index (Phi) is 6.70. The minimum absolute atomic E-state index is 0.190. The van der Waals surface area contributed by atoms with Crippen LogP contribution in [-0.4, -0.2) is 12.6 Å². The quantitative estimate of drug-likeness (QED) is 0.578. The molecule has 0 aliphatic rings. The lowest BCUT2D eigenvalue weighted by Gasteiger charge is -2.17. The van der Waals surface area contributed by atoms with Crippen molar-refractivity contribution in [2.45, 2.75) is 19.0 Å². The Morgan fingerprint density at radius 1 is 0.769 bits per heavy atom. The summed E-state index contributed by atoms with van der Waals surface area (Å²) in [4.78, 5) is 0. The fourth-order valence-electron chi connectivity index (χ4n) is 2.96. The molecule has 0 saturated carbocycles. The zero-order valence-electron chi connectivity index (χ0n) is 14.5. The van der Waals surface area contributed by atoms with Crippen molar-refractivity contribution >= 4 is 23.2 Å². The summed E-state index contributed by atoms with van der Waals surface area (Å²) >= 11 is 12.1. The minimum Gasteiger partial charge on any atom is -0.329 e. The highest BCUT2D eigenvalue weighted by Crippen LogP contribution is 2.21. The highest BCUT2D eigenvalue weighted by atomic mass is 35.5. The van der Waals surface area contributed by atoms with Crippen LogP contribution < -0.4 is 11.1 Å². The molecule has 0 amide bonds. The van der Waals surface area contributed by atoms with Gasteiger partial charge in [-0.15, -0.1) is 0 Å². The third kappa shape index (κ3) is 5.33. The first-order valence-electron chi connectivity index (χ1n) is 8.67. The standard InChI is InChI=1S/C22H22Cl2N2/c23-20-10-17(11-21(24)13-20)15-26-22(14-25)12-16-6-8-19(9-7-16)18-4-2-1-3-5-18/h1-11,13,22,26H,12,14-15,25H2. The molecular formula is C22H22Cl2N2. The van der Waals surface area contributed by atoms with Crippen LogP contribution in [0.25, 0.3) is 11.1 Å². The topological polar surface area (TPSA) is 38.0 Å². The maximum absolute atomic E-state index is 6.06. The van der Waals surface area contributed by atoms with Gasteiger partial charge in [-0.2, -0.15) is 0 Å². The summed E-state index contributed by atoms with van der Waals surface area (Å²) < 4.78 is 0. The normalized spacial score (nSPS) is 12.1. The summed E-state index contributed by atoms with van der Waals surface area (Å²) in [5.41, 5.74) is 10.7. The second kappa shape index (κ2) is 9.20. The van der Waals surface area contributed by atoms with Crippen molar-refractivity contribution in [2.75, 3.05) is 6.54 Å². The fourth-order valence-corrected chi connectivity index (χ4v) is 3.53. The highest BCUT2D eigenvalue weighted by Gasteiger charge is 2.08. The Labute approximate surface area is 165 Å². The van der Waals surface area contributed by atoms with E-state index in [0.717, 1.165) is 12.0 Å². The first kappa shape index (κ1) is 18.9. The molecular weight excluding hydrogens is 363 g/mol. The third-order valence-electron chi connectivity index (χ3n) is 4.34. The van der Waals surface area contributed by atoms with Crippen LogP contribution in [0.15, 0.2) is 72.8 Å². The zero-order chi connectivity index (χ0) is 18.4. The van der Waals surface area contributed by atoms with Crippen LogP contribution in [0.2, 0.25) is 10.0 Å². The highest BCUT2D eigenvalue weighted by molar-refractivity contribution is 6.34. The summed E-state index contributed by atoms with van der Waals surface area (Å²) in [7, 11) is 0. The van der Waals surface area contributed by atoms with Crippen molar-refractivity contribution in [3.8, 4) is 11.1 Å². The zero-order valence-corrected chi connectivity index (χ0v) is 16.0. The largest absolute Gasteiger partial charge is 0.329 e. The van der Waals surface area contributed by atoms with E-state index in [4.69, 9.17) is 28.9 Å². The van der Waals surface area contributed by atoms with E-state index >= 15 is 0 Å². The average molecular weight is 385 g/mol. The number of benzene rings is 3. The Morgan fingerprint density at radius 3 is 2.00 bits per heavy atom. The minimum atomic E-state index is 0.190. The third-order valence-corrected chi connectivity index (χ3v) is 4.78. The molecule has 0 aromatic heterocycles. The lowest BCUT2D eigenvalue weighted by atomic mass is 10.0. The van der Waals surface area contributed by atoms with E-state index in [1.807, 2.05) is 18.2 Å². The van der Waals surface area contributed by atoms with Crippen LogP contribution >= 0.6 is 23.2 Å². The second-order valence-electron chi connectivity index (χ2n) is 6.36. The molecule has 0 aliphatic carbocycles. The Bertz CT molecular complexity index is 812. The van der Waals surface area contributed by atoms with Gasteiger partial charge in [-0.25, -0.2) is 0 Å². The maximum atomic E-state index is 6.06. The van der Waals surface area contributed by atoms with Crippen LogP contribution in [0.3, 0.4) is 0 Å². The number of halogens is 2. The van der Waals surface area contributed by atoms with Crippen molar-refractivity contribution in [1.29, 1.82) is 0 Å². The molecule has 0 fully saturated rings. The molecule has 0 heterocycles. The molecule has 3 rings (SSSR count). The summed E-state index contributed by atoms with van der Waals surface area (Å²) in [6, 6.07) is 24.8. The number of nitrogens with one attached hydrogen (secondary N) is 1. The molecule has 1 atom stereocenters. The Hall–Kier alpha value is -1.84. The van der Waals surface area contributed by atoms with Crippen LogP contribution in [0.4, 0.5) is 0 Å². The molecule has 4 heteroatoms. The molecule has 0 saturated heterocycles. The van der Waals surface area contributed by atoms with Crippen LogP contribution in [0.5, 0.6) is 0 Å². The van der Waals surface area contributed by atoms with Gasteiger partial charge in [-0.1, -0.05) is 77.8 Å². The van der Waals surface area contributed by atoms with E-state index in [1.54, 1.807) is 6.07 Å². The molecule has 0 spiro atoms. The first-order valence-corrected chi connectivity index (χ1v) is 9.42. The molecule has 2 nitrogen and oxygen atoms in total. The van der Waals surface area contributed by atoms with Gasteiger partial charge >= 0.3 is 0 Å². The fraction of sp³-hybridized carbons (Fsp3) is 0.182. The lowest BCUT2D eigenvalue weighted by molar-refractivity contribution is 0.515. The monoisotopic (exact) mass is 384 g/mol. The van der Waals surface area contributed by atoms with Gasteiger partial charge < -0.3 is 11.1 Å². The van der Waals surface area contributed by atoms with E-state index < -0.39 is 0 Å². The first-order chi connectivity index (χ1) is 12.6. The van der Waals surface area contributed by atoms with E-state index in [2.05, 4.69) is 53.8 Å². The predicted molar refractivity (Wildman–Crippen MR) is 112 cm³/mol. The molecule has 0 aliphatic heterocycles. The second-order valence-corrected chi connectivity index (χ2v) is 7.23. The predicted octanol–water partition coefficient (Wildman–Crippen LogP) is 5.32. The van der Waals surface area contributed by atoms with Crippen LogP contribution in [0.1, 0.15) is 11.1 Å². The van der Waals surface area contributed by atoms with Crippen molar-refractivity contribution in [3.05, 3.63) is 94.0 Å². The molecule has 0 radical (unpaired) electrons. The Morgan fingerprint density at radius 2 is 1.38 bits per heavy atom. The summed E-state index contributed by atoms with van der Waals surface area (Å²) in [6.45, 7) is 1.25. The van der Waals surface area contributed by atoms with Crippen molar-refractivity contribution in [1.82, 2.24) is 5.32 Å². The smallest absolute Gasteiger partial charge is 0.0424 e. The van der Waals surface area contributed by atoms with E-state index in [9.17, 15) is 0 Å². The lowest BCUT2D eigenvalue weighted by Crippen LogP contribution is -2.37. The van der Waals surface area contributed by atoms with Crippen LogP contribution in [-0.2, 0) is 13.0 Å². The van der Waals surface area contributed by atoms with Crippen LogP contribution in [0, 0.1) is 0 Å². The number of nitrogens with two attached hydrogens (primary N) is 1. The van der Waals surface area contributed by atoms with Gasteiger partial charge in [0, 0.05) is 29.2 Å². The van der Waals surface area contributed by atoms with E-state index in [1.165, 1.54) is 16.7 Å². The van der Waals surface area contributed by atoms with Gasteiger partial charge in [0.05, 0.1) is 0 Å². The molecule has 1 unspecified atom stereocenters. The van der Waals surface area contributed by atoms with Gasteiger partial charge in [0.1, 0.15) is 0 Å². The molecule has 134 valence electrons. The summed E-state index contributed by atoms with van der Waals surface area (Å²) in [5.74, 6) is 0. The van der Waals surface area contributed by atoms with E-state index in [-0.39, 0.29) is 6.04 Å². The number of rotatable bonds is 7. The van der Waals surface area contributed by atoms with Gasteiger partial charge in [0.2, 0.25) is 0 Å². The molecule has 0 bridgehead atoms. The van der Waals surface area contributed by atoms with Gasteiger partial charge in [-0.05, 0) is 46.9 Å². The van der Waals surface area contributed by atoms with Gasteiger partial charge in [0.25, 0.3) is 0 Å². The van der Waals surface area contributed by atoms with Gasteiger partial charge in [0.15, 0.2) is 0 Å². The number of hydrogen-bond acceptors (Lipinski definition) is 2. The maximum Gasteiger partial charge on any atom is 0.0424 e. The summed E-state index contributed by atoms with van der Waals surface area (Å²) in [5, 5.41) is 4.79. The van der Waals surface area contributed by atoms with E-state index in [0.29, 0.717) is 23.1 Å². The van der Waals surface area contributed by atoms with Crippen molar-refractivity contribution in [3.63, 3.8) is 0 Å². The molecule has 3 aromatic carbocycles.